The summed E-state index contributed by atoms with van der Waals surface area (Å²) in [6, 6.07) is 7.56. The lowest BCUT2D eigenvalue weighted by molar-refractivity contribution is 0.190. The van der Waals surface area contributed by atoms with E-state index in [9.17, 15) is 4.79 Å². The summed E-state index contributed by atoms with van der Waals surface area (Å²) in [7, 11) is 1.65. The molecule has 16 heavy (non-hydrogen) atoms. The molecule has 0 aliphatic rings. The number of halogens is 1. The molecule has 0 unspecified atom stereocenters. The van der Waals surface area contributed by atoms with E-state index >= 15 is 0 Å². The fraction of sp³-hybridized carbons (Fsp3) is 0.364. The van der Waals surface area contributed by atoms with E-state index < -0.39 is 0 Å². The van der Waals surface area contributed by atoms with Crippen molar-refractivity contribution < 1.29 is 9.90 Å². The van der Waals surface area contributed by atoms with Crippen LogP contribution < -0.4 is 5.32 Å². The van der Waals surface area contributed by atoms with Gasteiger partial charge in [-0.1, -0.05) is 28.1 Å². The van der Waals surface area contributed by atoms with E-state index in [1.54, 1.807) is 7.05 Å². The lowest BCUT2D eigenvalue weighted by Gasteiger charge is -2.16. The van der Waals surface area contributed by atoms with Crippen molar-refractivity contribution in [3.63, 3.8) is 0 Å². The average Bonchev–Trinajstić information content (AvgIpc) is 2.26. The molecule has 0 bridgehead atoms. The maximum atomic E-state index is 11.5. The number of aliphatic hydroxyl groups excluding tert-OH is 1. The van der Waals surface area contributed by atoms with Crippen LogP contribution in [-0.2, 0) is 6.54 Å². The fourth-order valence-electron chi connectivity index (χ4n) is 1.21. The Morgan fingerprint density at radius 2 is 2.31 bits per heavy atom. The summed E-state index contributed by atoms with van der Waals surface area (Å²) < 4.78 is 0.989. The minimum absolute atomic E-state index is 0.0270. The Morgan fingerprint density at radius 1 is 1.56 bits per heavy atom. The number of hydrogen-bond acceptors (Lipinski definition) is 2. The van der Waals surface area contributed by atoms with Crippen molar-refractivity contribution in [2.75, 3.05) is 20.2 Å². The Balaban J connectivity index is 2.42. The molecular weight excluding hydrogens is 272 g/mol. The van der Waals surface area contributed by atoms with Crippen LogP contribution in [0.2, 0.25) is 0 Å². The maximum absolute atomic E-state index is 11.5. The van der Waals surface area contributed by atoms with Gasteiger partial charge in [0.1, 0.15) is 0 Å². The quantitative estimate of drug-likeness (QED) is 0.883. The molecule has 0 aromatic heterocycles. The van der Waals surface area contributed by atoms with E-state index in [0.717, 1.165) is 10.0 Å². The number of carbonyl (C=O) groups is 1. The van der Waals surface area contributed by atoms with Crippen molar-refractivity contribution in [2.24, 2.45) is 0 Å². The number of likely N-dealkylation sites (N-methyl/N-ethyl adjacent to an activating group) is 1. The highest BCUT2D eigenvalue weighted by Gasteiger charge is 2.06. The summed E-state index contributed by atoms with van der Waals surface area (Å²) >= 11 is 3.37. The van der Waals surface area contributed by atoms with Crippen LogP contribution in [0.15, 0.2) is 28.7 Å². The topological polar surface area (TPSA) is 52.6 Å². The highest BCUT2D eigenvalue weighted by atomic mass is 79.9. The molecule has 0 aliphatic carbocycles. The van der Waals surface area contributed by atoms with E-state index in [-0.39, 0.29) is 12.6 Å². The van der Waals surface area contributed by atoms with Gasteiger partial charge in [0.25, 0.3) is 0 Å². The highest BCUT2D eigenvalue weighted by Crippen LogP contribution is 2.11. The lowest BCUT2D eigenvalue weighted by atomic mass is 10.2. The van der Waals surface area contributed by atoms with Gasteiger partial charge in [-0.2, -0.15) is 0 Å². The highest BCUT2D eigenvalue weighted by molar-refractivity contribution is 9.10. The number of aliphatic hydroxyl groups is 1. The molecule has 4 nitrogen and oxygen atoms in total. The third kappa shape index (κ3) is 4.20. The van der Waals surface area contributed by atoms with E-state index in [2.05, 4.69) is 21.2 Å². The van der Waals surface area contributed by atoms with Crippen molar-refractivity contribution in [1.82, 2.24) is 10.2 Å². The van der Waals surface area contributed by atoms with Gasteiger partial charge in [0, 0.05) is 24.6 Å². The molecule has 1 aromatic rings. The number of amides is 2. The second kappa shape index (κ2) is 6.50. The Kier molecular flexibility index (Phi) is 5.28. The number of urea groups is 1. The molecule has 2 N–H and O–H groups in total. The molecule has 0 fully saturated rings. The molecule has 0 aliphatic heterocycles. The second-order valence-electron chi connectivity index (χ2n) is 3.43. The molecule has 0 spiro atoms. The van der Waals surface area contributed by atoms with Gasteiger partial charge in [0.2, 0.25) is 0 Å². The largest absolute Gasteiger partial charge is 0.395 e. The zero-order valence-corrected chi connectivity index (χ0v) is 10.7. The predicted octanol–water partition coefficient (Wildman–Crippen LogP) is 1.58. The molecule has 0 heterocycles. The number of hydrogen-bond donors (Lipinski definition) is 2. The van der Waals surface area contributed by atoms with Crippen LogP contribution in [0.25, 0.3) is 0 Å². The number of nitrogens with one attached hydrogen (secondary N) is 1. The number of benzene rings is 1. The van der Waals surface area contributed by atoms with Gasteiger partial charge >= 0.3 is 6.03 Å². The van der Waals surface area contributed by atoms with Crippen LogP contribution in [0.1, 0.15) is 5.56 Å². The zero-order chi connectivity index (χ0) is 12.0. The van der Waals surface area contributed by atoms with Gasteiger partial charge in [0.05, 0.1) is 6.61 Å². The van der Waals surface area contributed by atoms with Crippen LogP contribution in [0.5, 0.6) is 0 Å². The Bertz CT molecular complexity index is 358. The molecule has 0 saturated carbocycles. The third-order valence-electron chi connectivity index (χ3n) is 2.11. The zero-order valence-electron chi connectivity index (χ0n) is 9.11. The summed E-state index contributed by atoms with van der Waals surface area (Å²) in [6.07, 6.45) is 0. The summed E-state index contributed by atoms with van der Waals surface area (Å²) in [5.74, 6) is 0. The second-order valence-corrected chi connectivity index (χ2v) is 4.35. The molecule has 1 aromatic carbocycles. The van der Waals surface area contributed by atoms with E-state index in [0.29, 0.717) is 13.1 Å². The standard InChI is InChI=1S/C11H15BrN2O2/c1-14(5-6-15)11(16)13-8-9-3-2-4-10(12)7-9/h2-4,7,15H,5-6,8H2,1H3,(H,13,16). The molecule has 0 atom stereocenters. The van der Waals surface area contributed by atoms with Gasteiger partial charge in [0.15, 0.2) is 0 Å². The Morgan fingerprint density at radius 3 is 2.94 bits per heavy atom. The lowest BCUT2D eigenvalue weighted by Crippen LogP contribution is -2.38. The Hall–Kier alpha value is -1.07. The first-order valence-corrected chi connectivity index (χ1v) is 5.77. The van der Waals surface area contributed by atoms with Crippen LogP contribution in [0.3, 0.4) is 0 Å². The third-order valence-corrected chi connectivity index (χ3v) is 2.61. The monoisotopic (exact) mass is 286 g/mol. The van der Waals surface area contributed by atoms with E-state index in [1.165, 1.54) is 4.90 Å². The molecule has 2 amide bonds. The van der Waals surface area contributed by atoms with E-state index in [4.69, 9.17) is 5.11 Å². The van der Waals surface area contributed by atoms with Gasteiger partial charge in [-0.15, -0.1) is 0 Å². The summed E-state index contributed by atoms with van der Waals surface area (Å²) in [4.78, 5) is 12.9. The first-order chi connectivity index (χ1) is 7.63. The normalized spacial score (nSPS) is 9.94. The molecule has 0 radical (unpaired) electrons. The van der Waals surface area contributed by atoms with Crippen molar-refractivity contribution in [1.29, 1.82) is 0 Å². The van der Waals surface area contributed by atoms with Crippen LogP contribution in [-0.4, -0.2) is 36.2 Å². The summed E-state index contributed by atoms with van der Waals surface area (Å²) in [6.45, 7) is 0.791. The van der Waals surface area contributed by atoms with Crippen LogP contribution in [0.4, 0.5) is 4.79 Å². The minimum atomic E-state index is -0.186. The van der Waals surface area contributed by atoms with Gasteiger partial charge in [-0.3, -0.25) is 0 Å². The first kappa shape index (κ1) is 13.0. The van der Waals surface area contributed by atoms with Crippen molar-refractivity contribution >= 4 is 22.0 Å². The number of nitrogens with zero attached hydrogens (tertiary/aromatic N) is 1. The smallest absolute Gasteiger partial charge is 0.317 e. The number of carbonyl (C=O) groups excluding carboxylic acids is 1. The number of rotatable bonds is 4. The van der Waals surface area contributed by atoms with Crippen LogP contribution >= 0.6 is 15.9 Å². The van der Waals surface area contributed by atoms with Gasteiger partial charge in [-0.25, -0.2) is 4.79 Å². The fourth-order valence-corrected chi connectivity index (χ4v) is 1.66. The first-order valence-electron chi connectivity index (χ1n) is 4.97. The van der Waals surface area contributed by atoms with Crippen LogP contribution in [0, 0.1) is 0 Å². The van der Waals surface area contributed by atoms with Crippen molar-refractivity contribution in [3.8, 4) is 0 Å². The van der Waals surface area contributed by atoms with Crippen molar-refractivity contribution in [3.05, 3.63) is 34.3 Å². The predicted molar refractivity (Wildman–Crippen MR) is 66.1 cm³/mol. The molecule has 1 rings (SSSR count). The SMILES string of the molecule is CN(CCO)C(=O)NCc1cccc(Br)c1. The van der Waals surface area contributed by atoms with Gasteiger partial charge < -0.3 is 15.3 Å². The average molecular weight is 287 g/mol. The van der Waals surface area contributed by atoms with E-state index in [1.807, 2.05) is 24.3 Å². The molecular formula is C11H15BrN2O2. The molecule has 88 valence electrons. The minimum Gasteiger partial charge on any atom is -0.395 e. The Labute approximate surface area is 103 Å². The van der Waals surface area contributed by atoms with Crippen molar-refractivity contribution in [2.45, 2.75) is 6.54 Å². The maximum Gasteiger partial charge on any atom is 0.317 e. The molecule has 5 heteroatoms. The summed E-state index contributed by atoms with van der Waals surface area (Å²) in [5, 5.41) is 11.4. The molecule has 0 saturated heterocycles. The van der Waals surface area contributed by atoms with Gasteiger partial charge in [-0.05, 0) is 17.7 Å². The summed E-state index contributed by atoms with van der Waals surface area (Å²) in [5.41, 5.74) is 1.03.